The lowest BCUT2D eigenvalue weighted by Gasteiger charge is -1.98. The molecule has 68 valence electrons. The number of hydrogen-bond acceptors (Lipinski definition) is 3. The monoisotopic (exact) mass is 169 g/mol. The Hall–Kier alpha value is -0.860. The molecule has 12 heavy (non-hydrogen) atoms. The molecule has 0 aromatic heterocycles. The van der Waals surface area contributed by atoms with Crippen molar-refractivity contribution in [3.8, 4) is 0 Å². The molecule has 1 aliphatic rings. The van der Waals surface area contributed by atoms with E-state index in [1.807, 2.05) is 0 Å². The number of nitrogens with zero attached hydrogens (tertiary/aromatic N) is 1. The first-order chi connectivity index (χ1) is 5.79. The van der Waals surface area contributed by atoms with Gasteiger partial charge in [-0.05, 0) is 25.7 Å². The summed E-state index contributed by atoms with van der Waals surface area (Å²) in [5.74, 6) is -0.327. The molecule has 1 aliphatic carbocycles. The van der Waals surface area contributed by atoms with Crippen LogP contribution in [0.15, 0.2) is 5.16 Å². The minimum absolute atomic E-state index is 0.327. The Labute approximate surface area is 72.8 Å². The van der Waals surface area contributed by atoms with Crippen LogP contribution in [0.1, 0.15) is 45.4 Å². The number of oxime groups is 1. The molecular formula is C9H15NO2. The molecule has 1 saturated carbocycles. The van der Waals surface area contributed by atoms with Gasteiger partial charge in [0, 0.05) is 6.92 Å². The summed E-state index contributed by atoms with van der Waals surface area (Å²) >= 11 is 0. The average molecular weight is 169 g/mol. The van der Waals surface area contributed by atoms with E-state index in [-0.39, 0.29) is 5.97 Å². The van der Waals surface area contributed by atoms with Crippen LogP contribution >= 0.6 is 0 Å². The minimum atomic E-state index is -0.327. The molecule has 0 radical (unpaired) electrons. The standard InChI is InChI=1S/C9H15NO2/c1-8(11)12-10-9-6-4-2-3-5-7-9/h2-7H2,1H3. The van der Waals surface area contributed by atoms with E-state index in [2.05, 4.69) is 9.99 Å². The average Bonchev–Trinajstić information content (AvgIpc) is 2.28. The van der Waals surface area contributed by atoms with E-state index in [9.17, 15) is 4.79 Å². The van der Waals surface area contributed by atoms with Gasteiger partial charge in [0.15, 0.2) is 0 Å². The van der Waals surface area contributed by atoms with Crippen LogP contribution in [0.3, 0.4) is 0 Å². The molecule has 0 aliphatic heterocycles. The third kappa shape index (κ3) is 3.51. The van der Waals surface area contributed by atoms with Gasteiger partial charge in [0.25, 0.3) is 0 Å². The van der Waals surface area contributed by atoms with Crippen molar-refractivity contribution in [3.05, 3.63) is 0 Å². The first kappa shape index (κ1) is 9.23. The van der Waals surface area contributed by atoms with Crippen molar-refractivity contribution in [2.45, 2.75) is 45.4 Å². The predicted octanol–water partition coefficient (Wildman–Crippen LogP) is 2.26. The first-order valence-corrected chi connectivity index (χ1v) is 4.52. The highest BCUT2D eigenvalue weighted by Crippen LogP contribution is 2.14. The third-order valence-electron chi connectivity index (χ3n) is 1.98. The molecule has 0 N–H and O–H groups in total. The zero-order valence-corrected chi connectivity index (χ0v) is 7.51. The number of carbonyl (C=O) groups excluding carboxylic acids is 1. The Morgan fingerprint density at radius 3 is 2.33 bits per heavy atom. The van der Waals surface area contributed by atoms with Crippen LogP contribution in [0.2, 0.25) is 0 Å². The highest BCUT2D eigenvalue weighted by molar-refractivity contribution is 5.84. The number of carbonyl (C=O) groups is 1. The lowest BCUT2D eigenvalue weighted by Crippen LogP contribution is -2.00. The zero-order chi connectivity index (χ0) is 8.81. The van der Waals surface area contributed by atoms with Crippen LogP contribution in [0, 0.1) is 0 Å². The van der Waals surface area contributed by atoms with Crippen LogP contribution in [0.25, 0.3) is 0 Å². The van der Waals surface area contributed by atoms with Crippen molar-refractivity contribution >= 4 is 11.7 Å². The molecule has 0 amide bonds. The van der Waals surface area contributed by atoms with Gasteiger partial charge in [-0.25, -0.2) is 4.79 Å². The van der Waals surface area contributed by atoms with E-state index < -0.39 is 0 Å². The third-order valence-corrected chi connectivity index (χ3v) is 1.98. The summed E-state index contributed by atoms with van der Waals surface area (Å²) in [5.41, 5.74) is 1.04. The normalized spacial score (nSPS) is 18.2. The second kappa shape index (κ2) is 4.91. The molecule has 0 unspecified atom stereocenters. The Kier molecular flexibility index (Phi) is 3.77. The van der Waals surface area contributed by atoms with Gasteiger partial charge in [0.05, 0.1) is 5.71 Å². The van der Waals surface area contributed by atoms with E-state index in [1.54, 1.807) is 0 Å². The van der Waals surface area contributed by atoms with E-state index in [1.165, 1.54) is 32.6 Å². The van der Waals surface area contributed by atoms with E-state index in [0.717, 1.165) is 18.6 Å². The predicted molar refractivity (Wildman–Crippen MR) is 46.9 cm³/mol. The van der Waals surface area contributed by atoms with Crippen molar-refractivity contribution in [2.24, 2.45) is 5.16 Å². The highest BCUT2D eigenvalue weighted by atomic mass is 16.7. The van der Waals surface area contributed by atoms with Gasteiger partial charge in [-0.3, -0.25) is 0 Å². The summed E-state index contributed by atoms with van der Waals surface area (Å²) in [6.07, 6.45) is 6.90. The zero-order valence-electron chi connectivity index (χ0n) is 7.51. The van der Waals surface area contributed by atoms with Crippen molar-refractivity contribution in [1.29, 1.82) is 0 Å². The van der Waals surface area contributed by atoms with Crippen LogP contribution in [-0.4, -0.2) is 11.7 Å². The molecule has 0 saturated heterocycles. The summed E-state index contributed by atoms with van der Waals surface area (Å²) in [5, 5.41) is 3.81. The van der Waals surface area contributed by atoms with Gasteiger partial charge < -0.3 is 4.84 Å². The lowest BCUT2D eigenvalue weighted by atomic mass is 10.2. The molecule has 1 fully saturated rings. The van der Waals surface area contributed by atoms with Crippen LogP contribution in [0.4, 0.5) is 0 Å². The van der Waals surface area contributed by atoms with Gasteiger partial charge >= 0.3 is 5.97 Å². The van der Waals surface area contributed by atoms with Crippen LogP contribution in [-0.2, 0) is 9.63 Å². The maximum Gasteiger partial charge on any atom is 0.331 e. The fourth-order valence-corrected chi connectivity index (χ4v) is 1.36. The summed E-state index contributed by atoms with van der Waals surface area (Å²) in [4.78, 5) is 15.0. The highest BCUT2D eigenvalue weighted by Gasteiger charge is 2.06. The Bertz CT molecular complexity index is 177. The molecule has 0 aromatic rings. The molecule has 0 spiro atoms. The van der Waals surface area contributed by atoms with E-state index in [0.29, 0.717) is 0 Å². The van der Waals surface area contributed by atoms with E-state index >= 15 is 0 Å². The Morgan fingerprint density at radius 2 is 1.83 bits per heavy atom. The van der Waals surface area contributed by atoms with Gasteiger partial charge in [0.2, 0.25) is 0 Å². The quantitative estimate of drug-likeness (QED) is 0.343. The minimum Gasteiger partial charge on any atom is -0.319 e. The Balaban J connectivity index is 2.37. The maximum absolute atomic E-state index is 10.4. The fraction of sp³-hybridized carbons (Fsp3) is 0.778. The van der Waals surface area contributed by atoms with Crippen LogP contribution < -0.4 is 0 Å². The second-order valence-electron chi connectivity index (χ2n) is 3.15. The summed E-state index contributed by atoms with van der Waals surface area (Å²) in [6, 6.07) is 0. The summed E-state index contributed by atoms with van der Waals surface area (Å²) in [6.45, 7) is 1.38. The summed E-state index contributed by atoms with van der Waals surface area (Å²) in [7, 11) is 0. The largest absolute Gasteiger partial charge is 0.331 e. The molecular weight excluding hydrogens is 154 g/mol. The molecule has 0 aromatic carbocycles. The number of rotatable bonds is 1. The smallest absolute Gasteiger partial charge is 0.319 e. The number of hydrogen-bond donors (Lipinski definition) is 0. The molecule has 0 heterocycles. The Morgan fingerprint density at radius 1 is 1.25 bits per heavy atom. The molecule has 0 bridgehead atoms. The maximum atomic E-state index is 10.4. The van der Waals surface area contributed by atoms with E-state index in [4.69, 9.17) is 0 Å². The van der Waals surface area contributed by atoms with Crippen molar-refractivity contribution in [3.63, 3.8) is 0 Å². The van der Waals surface area contributed by atoms with Crippen LogP contribution in [0.5, 0.6) is 0 Å². The SMILES string of the molecule is CC(=O)ON=C1CCCCCC1. The van der Waals surface area contributed by atoms with Gasteiger partial charge in [0.1, 0.15) is 0 Å². The molecule has 3 nitrogen and oxygen atoms in total. The van der Waals surface area contributed by atoms with Gasteiger partial charge in [-0.1, -0.05) is 18.0 Å². The topological polar surface area (TPSA) is 38.7 Å². The first-order valence-electron chi connectivity index (χ1n) is 4.52. The fourth-order valence-electron chi connectivity index (χ4n) is 1.36. The van der Waals surface area contributed by atoms with Crippen molar-refractivity contribution in [2.75, 3.05) is 0 Å². The molecule has 0 atom stereocenters. The van der Waals surface area contributed by atoms with Gasteiger partial charge in [-0.15, -0.1) is 0 Å². The summed E-state index contributed by atoms with van der Waals surface area (Å²) < 4.78 is 0. The molecule has 3 heteroatoms. The van der Waals surface area contributed by atoms with Crippen molar-refractivity contribution in [1.82, 2.24) is 0 Å². The van der Waals surface area contributed by atoms with Crippen molar-refractivity contribution < 1.29 is 9.63 Å². The lowest BCUT2D eigenvalue weighted by molar-refractivity contribution is -0.140. The second-order valence-corrected chi connectivity index (χ2v) is 3.15. The van der Waals surface area contributed by atoms with Gasteiger partial charge in [-0.2, -0.15) is 0 Å². The molecule has 1 rings (SSSR count).